The average Bonchev–Trinajstić information content (AvgIpc) is 3.03. The van der Waals surface area contributed by atoms with Gasteiger partial charge in [-0.05, 0) is 70.6 Å². The van der Waals surface area contributed by atoms with Crippen LogP contribution in [0, 0.1) is 0 Å². The highest BCUT2D eigenvalue weighted by Gasteiger charge is 2.26. The van der Waals surface area contributed by atoms with Crippen molar-refractivity contribution in [3.8, 4) is 0 Å². The summed E-state index contributed by atoms with van der Waals surface area (Å²) >= 11 is 0. The minimum atomic E-state index is -1.16. The number of rotatable bonds is 33. The zero-order valence-corrected chi connectivity index (χ0v) is 29.0. The van der Waals surface area contributed by atoms with Gasteiger partial charge in [0.2, 0.25) is 5.91 Å². The lowest BCUT2D eigenvalue weighted by atomic mass is 10.0. The Morgan fingerprint density at radius 1 is 0.568 bits per heavy atom. The molecule has 0 aromatic carbocycles. The first-order chi connectivity index (χ1) is 21.6. The van der Waals surface area contributed by atoms with Crippen molar-refractivity contribution in [1.82, 2.24) is 5.32 Å². The lowest BCUT2D eigenvalue weighted by Gasteiger charge is -2.26. The van der Waals surface area contributed by atoms with Crippen LogP contribution < -0.4 is 5.32 Å². The first-order valence-corrected chi connectivity index (χ1v) is 18.8. The van der Waals surface area contributed by atoms with Crippen LogP contribution >= 0.6 is 0 Å². The van der Waals surface area contributed by atoms with Gasteiger partial charge in [-0.25, -0.2) is 0 Å². The van der Waals surface area contributed by atoms with Crippen molar-refractivity contribution in [3.05, 3.63) is 36.5 Å². The topological polar surface area (TPSA) is 89.8 Å². The molecule has 0 aliphatic carbocycles. The van der Waals surface area contributed by atoms with E-state index in [-0.39, 0.29) is 12.5 Å². The summed E-state index contributed by atoms with van der Waals surface area (Å²) in [5.74, 6) is -0.165. The molecule has 5 nitrogen and oxygen atoms in total. The van der Waals surface area contributed by atoms with Gasteiger partial charge in [0, 0.05) is 6.42 Å². The molecule has 0 radical (unpaired) electrons. The van der Waals surface area contributed by atoms with Gasteiger partial charge in [0.1, 0.15) is 6.10 Å². The third-order valence-corrected chi connectivity index (χ3v) is 8.47. The number of nitrogens with one attached hydrogen (secondary N) is 1. The molecule has 0 fully saturated rings. The summed E-state index contributed by atoms with van der Waals surface area (Å²) in [4.78, 5) is 12.4. The van der Waals surface area contributed by atoms with Crippen molar-refractivity contribution in [2.75, 3.05) is 6.61 Å². The minimum absolute atomic E-state index is 0.165. The first-order valence-electron chi connectivity index (χ1n) is 18.8. The maximum Gasteiger partial charge on any atom is 0.220 e. The summed E-state index contributed by atoms with van der Waals surface area (Å²) in [5.41, 5.74) is 0. The largest absolute Gasteiger partial charge is 0.394 e. The molecule has 3 unspecified atom stereocenters. The molecule has 258 valence electrons. The molecule has 0 aliphatic heterocycles. The second kappa shape index (κ2) is 34.4. The van der Waals surface area contributed by atoms with Crippen molar-refractivity contribution in [3.63, 3.8) is 0 Å². The van der Waals surface area contributed by atoms with Crippen molar-refractivity contribution in [2.45, 2.75) is 199 Å². The summed E-state index contributed by atoms with van der Waals surface area (Å²) in [6.07, 6.45) is 40.9. The number of unbranched alkanes of at least 4 members (excludes halogenated alkanes) is 19. The van der Waals surface area contributed by atoms with Gasteiger partial charge in [-0.15, -0.1) is 0 Å². The van der Waals surface area contributed by atoms with E-state index in [1.807, 2.05) is 0 Å². The number of allylic oxidation sites excluding steroid dienone is 6. The summed E-state index contributed by atoms with van der Waals surface area (Å²) in [6, 6.07) is -0.828. The highest BCUT2D eigenvalue weighted by atomic mass is 16.3. The van der Waals surface area contributed by atoms with Crippen LogP contribution in [0.4, 0.5) is 0 Å². The minimum Gasteiger partial charge on any atom is -0.394 e. The van der Waals surface area contributed by atoms with E-state index < -0.39 is 18.2 Å². The molecule has 0 aromatic rings. The molecule has 0 saturated heterocycles. The van der Waals surface area contributed by atoms with Crippen LogP contribution in [0.25, 0.3) is 0 Å². The summed E-state index contributed by atoms with van der Waals surface area (Å²) in [7, 11) is 0. The molecule has 0 rings (SSSR count). The van der Waals surface area contributed by atoms with Crippen LogP contribution in [0.2, 0.25) is 0 Å². The van der Waals surface area contributed by atoms with E-state index >= 15 is 0 Å². The second-order valence-electron chi connectivity index (χ2n) is 12.8. The lowest BCUT2D eigenvalue weighted by Crippen LogP contribution is -2.50. The standard InChI is InChI=1S/C39H73NO4/c1-3-5-7-9-11-13-15-17-18-19-20-22-24-26-28-30-32-34-38(43)40-36(35-41)39(44)37(42)33-31-29-27-25-23-21-16-14-12-10-8-6-4-2/h11,13,17-18,25,27,36-37,39,41-42,44H,3-10,12,14-16,19-24,26,28-35H2,1-2H3,(H,40,43)/b13-11-,18-17-,27-25+. The van der Waals surface area contributed by atoms with E-state index in [0.29, 0.717) is 12.8 Å². The maximum atomic E-state index is 12.4. The number of aliphatic hydroxyl groups is 3. The van der Waals surface area contributed by atoms with E-state index in [4.69, 9.17) is 0 Å². The van der Waals surface area contributed by atoms with E-state index in [9.17, 15) is 20.1 Å². The van der Waals surface area contributed by atoms with Crippen LogP contribution in [-0.4, -0.2) is 46.1 Å². The number of amides is 1. The third kappa shape index (κ3) is 29.3. The fraction of sp³-hybridized carbons (Fsp3) is 0.821. The molecule has 0 aliphatic rings. The fourth-order valence-electron chi connectivity index (χ4n) is 5.48. The molecule has 1 amide bonds. The van der Waals surface area contributed by atoms with Crippen molar-refractivity contribution < 1.29 is 20.1 Å². The highest BCUT2D eigenvalue weighted by Crippen LogP contribution is 2.13. The predicted octanol–water partition coefficient (Wildman–Crippen LogP) is 10.0. The molecule has 0 bridgehead atoms. The van der Waals surface area contributed by atoms with Gasteiger partial charge in [-0.3, -0.25) is 4.79 Å². The number of carbonyl (C=O) groups excluding carboxylic acids is 1. The SMILES string of the molecule is CCCCC/C=C\C/C=C\CCCCCCCCCC(=O)NC(CO)C(O)C(O)CCC/C=C/CCCCCCCCCC. The summed E-state index contributed by atoms with van der Waals surface area (Å²) in [6.45, 7) is 4.11. The van der Waals surface area contributed by atoms with Crippen LogP contribution in [0.5, 0.6) is 0 Å². The van der Waals surface area contributed by atoms with E-state index in [2.05, 4.69) is 55.6 Å². The number of hydrogen-bond acceptors (Lipinski definition) is 4. The van der Waals surface area contributed by atoms with Crippen LogP contribution in [0.15, 0.2) is 36.5 Å². The van der Waals surface area contributed by atoms with Gasteiger partial charge >= 0.3 is 0 Å². The molecule has 0 saturated carbocycles. The van der Waals surface area contributed by atoms with Crippen LogP contribution in [0.3, 0.4) is 0 Å². The molecule has 4 N–H and O–H groups in total. The Morgan fingerprint density at radius 3 is 1.50 bits per heavy atom. The Balaban J connectivity index is 3.75. The average molecular weight is 620 g/mol. The zero-order valence-electron chi connectivity index (χ0n) is 29.0. The van der Waals surface area contributed by atoms with Crippen molar-refractivity contribution in [1.29, 1.82) is 0 Å². The monoisotopic (exact) mass is 620 g/mol. The molecule has 0 aromatic heterocycles. The van der Waals surface area contributed by atoms with Crippen molar-refractivity contribution in [2.24, 2.45) is 0 Å². The quantitative estimate of drug-likeness (QED) is 0.0435. The Labute approximate surface area is 273 Å². The lowest BCUT2D eigenvalue weighted by molar-refractivity contribution is -0.124. The molecule has 5 heteroatoms. The second-order valence-corrected chi connectivity index (χ2v) is 12.8. The Bertz CT molecular complexity index is 690. The summed E-state index contributed by atoms with van der Waals surface area (Å²) < 4.78 is 0. The Morgan fingerprint density at radius 2 is 0.977 bits per heavy atom. The van der Waals surface area contributed by atoms with Gasteiger partial charge in [0.05, 0.1) is 18.8 Å². The number of hydrogen-bond donors (Lipinski definition) is 4. The normalized spacial score (nSPS) is 14.2. The van der Waals surface area contributed by atoms with E-state index in [0.717, 1.165) is 51.4 Å². The Hall–Kier alpha value is -1.43. The Kier molecular flexibility index (Phi) is 33.3. The number of carbonyl (C=O) groups is 1. The molecule has 0 heterocycles. The van der Waals surface area contributed by atoms with Gasteiger partial charge in [0.25, 0.3) is 0 Å². The van der Waals surface area contributed by atoms with E-state index in [1.165, 1.54) is 103 Å². The first kappa shape index (κ1) is 42.6. The summed E-state index contributed by atoms with van der Waals surface area (Å²) in [5, 5.41) is 33.3. The van der Waals surface area contributed by atoms with Crippen molar-refractivity contribution >= 4 is 5.91 Å². The molecule has 0 spiro atoms. The van der Waals surface area contributed by atoms with E-state index in [1.54, 1.807) is 0 Å². The van der Waals surface area contributed by atoms with Gasteiger partial charge in [0.15, 0.2) is 0 Å². The molecule has 3 atom stereocenters. The van der Waals surface area contributed by atoms with Gasteiger partial charge in [-0.1, -0.05) is 140 Å². The predicted molar refractivity (Wildman–Crippen MR) is 190 cm³/mol. The molecular formula is C39H73NO4. The highest BCUT2D eigenvalue weighted by molar-refractivity contribution is 5.76. The molecule has 44 heavy (non-hydrogen) atoms. The fourth-order valence-corrected chi connectivity index (χ4v) is 5.48. The maximum absolute atomic E-state index is 12.4. The van der Waals surface area contributed by atoms with Crippen LogP contribution in [-0.2, 0) is 4.79 Å². The zero-order chi connectivity index (χ0) is 32.4. The van der Waals surface area contributed by atoms with Gasteiger partial charge in [-0.2, -0.15) is 0 Å². The number of aliphatic hydroxyl groups excluding tert-OH is 3. The van der Waals surface area contributed by atoms with Crippen LogP contribution in [0.1, 0.15) is 181 Å². The molecular weight excluding hydrogens is 546 g/mol. The smallest absolute Gasteiger partial charge is 0.220 e. The third-order valence-electron chi connectivity index (χ3n) is 8.47. The van der Waals surface area contributed by atoms with Gasteiger partial charge < -0.3 is 20.6 Å².